The van der Waals surface area contributed by atoms with E-state index in [-0.39, 0.29) is 4.90 Å². The molecule has 0 bridgehead atoms. The molecular weight excluding hydrogens is 289 g/mol. The Hall–Kier alpha value is -1.72. The quantitative estimate of drug-likeness (QED) is 0.945. The molecule has 0 aliphatic carbocycles. The fourth-order valence-corrected chi connectivity index (χ4v) is 3.65. The zero-order chi connectivity index (χ0) is 15.7. The standard InChI is InChI=1S/C16H17FNO2S/c1-16(2,3)18-21(19,20)15-10-5-4-9-14(15)12-7-6-8-13(17)11-12/h4-7,9-11,18H,1-3H3. The number of hydrogen-bond donors (Lipinski definition) is 1. The van der Waals surface area contributed by atoms with E-state index in [1.165, 1.54) is 18.2 Å². The van der Waals surface area contributed by atoms with Crippen LogP contribution in [0.3, 0.4) is 0 Å². The molecule has 0 spiro atoms. The Labute approximate surface area is 124 Å². The van der Waals surface area contributed by atoms with Crippen LogP contribution < -0.4 is 4.72 Å². The first-order valence-electron chi connectivity index (χ1n) is 6.50. The summed E-state index contributed by atoms with van der Waals surface area (Å²) in [6.45, 7) is 5.30. The van der Waals surface area contributed by atoms with E-state index in [1.807, 2.05) is 0 Å². The van der Waals surface area contributed by atoms with Gasteiger partial charge in [-0.15, -0.1) is 0 Å². The molecule has 0 saturated heterocycles. The van der Waals surface area contributed by atoms with Gasteiger partial charge in [0.15, 0.2) is 0 Å². The maximum atomic E-state index is 13.3. The molecule has 0 atom stereocenters. The van der Waals surface area contributed by atoms with Crippen LogP contribution >= 0.6 is 0 Å². The molecule has 1 radical (unpaired) electrons. The summed E-state index contributed by atoms with van der Waals surface area (Å²) in [5.74, 6) is -0.525. The van der Waals surface area contributed by atoms with Gasteiger partial charge in [-0.05, 0) is 38.5 Å². The average Bonchev–Trinajstić information content (AvgIpc) is 2.36. The third-order valence-corrected chi connectivity index (χ3v) is 4.51. The predicted octanol–water partition coefficient (Wildman–Crippen LogP) is 3.37. The molecule has 111 valence electrons. The summed E-state index contributed by atoms with van der Waals surface area (Å²) in [6, 6.07) is 13.3. The van der Waals surface area contributed by atoms with Gasteiger partial charge >= 0.3 is 0 Å². The normalized spacial score (nSPS) is 12.4. The Kier molecular flexibility index (Phi) is 4.16. The van der Waals surface area contributed by atoms with Gasteiger partial charge in [0, 0.05) is 17.2 Å². The van der Waals surface area contributed by atoms with Gasteiger partial charge in [-0.1, -0.05) is 30.3 Å². The van der Waals surface area contributed by atoms with E-state index in [0.29, 0.717) is 11.1 Å². The van der Waals surface area contributed by atoms with Crippen LogP contribution in [0.25, 0.3) is 11.1 Å². The molecule has 0 aliphatic heterocycles. The second-order valence-corrected chi connectivity index (χ2v) is 7.43. The van der Waals surface area contributed by atoms with Gasteiger partial charge in [-0.25, -0.2) is 17.5 Å². The highest BCUT2D eigenvalue weighted by molar-refractivity contribution is 7.89. The Balaban J connectivity index is 2.57. The van der Waals surface area contributed by atoms with Crippen LogP contribution in [0.2, 0.25) is 0 Å². The summed E-state index contributed by atoms with van der Waals surface area (Å²) in [4.78, 5) is 0.130. The molecular formula is C16H17FNO2S. The van der Waals surface area contributed by atoms with E-state index in [4.69, 9.17) is 0 Å². The summed E-state index contributed by atoms with van der Waals surface area (Å²) in [5.41, 5.74) is 0.366. The first-order chi connectivity index (χ1) is 9.69. The van der Waals surface area contributed by atoms with Crippen molar-refractivity contribution < 1.29 is 12.8 Å². The highest BCUT2D eigenvalue weighted by Crippen LogP contribution is 2.28. The predicted molar refractivity (Wildman–Crippen MR) is 80.7 cm³/mol. The zero-order valence-electron chi connectivity index (χ0n) is 12.1. The fourth-order valence-electron chi connectivity index (χ4n) is 2.00. The first kappa shape index (κ1) is 15.7. The Morgan fingerprint density at radius 3 is 2.43 bits per heavy atom. The van der Waals surface area contributed by atoms with Crippen LogP contribution in [-0.2, 0) is 10.0 Å². The number of benzene rings is 2. The smallest absolute Gasteiger partial charge is 0.207 e. The minimum absolute atomic E-state index is 0.130. The summed E-state index contributed by atoms with van der Waals surface area (Å²) < 4.78 is 41.0. The molecule has 5 heteroatoms. The molecule has 2 rings (SSSR count). The highest BCUT2D eigenvalue weighted by Gasteiger charge is 2.24. The van der Waals surface area contributed by atoms with Crippen LogP contribution in [0.1, 0.15) is 20.8 Å². The van der Waals surface area contributed by atoms with E-state index >= 15 is 0 Å². The molecule has 21 heavy (non-hydrogen) atoms. The van der Waals surface area contributed by atoms with Crippen molar-refractivity contribution >= 4 is 10.0 Å². The van der Waals surface area contributed by atoms with Crippen molar-refractivity contribution in [3.05, 3.63) is 54.3 Å². The van der Waals surface area contributed by atoms with Gasteiger partial charge in [0.05, 0.1) is 4.90 Å². The third-order valence-electron chi connectivity index (χ3n) is 2.69. The maximum Gasteiger partial charge on any atom is 0.241 e. The molecule has 0 saturated carbocycles. The molecule has 2 aromatic carbocycles. The lowest BCUT2D eigenvalue weighted by atomic mass is 10.1. The van der Waals surface area contributed by atoms with Crippen LogP contribution in [0.5, 0.6) is 0 Å². The SMILES string of the molecule is CC(C)(C)NS(=O)(=O)c1ccccc1-c1cc[c]c(F)c1. The van der Waals surface area contributed by atoms with Crippen molar-refractivity contribution in [2.24, 2.45) is 0 Å². The van der Waals surface area contributed by atoms with Crippen molar-refractivity contribution in [1.29, 1.82) is 0 Å². The highest BCUT2D eigenvalue weighted by atomic mass is 32.2. The zero-order valence-corrected chi connectivity index (χ0v) is 13.0. The number of sulfonamides is 1. The number of halogens is 1. The molecule has 0 amide bonds. The van der Waals surface area contributed by atoms with E-state index in [1.54, 1.807) is 45.0 Å². The molecule has 0 unspecified atom stereocenters. The van der Waals surface area contributed by atoms with E-state index in [2.05, 4.69) is 10.8 Å². The van der Waals surface area contributed by atoms with E-state index in [9.17, 15) is 12.8 Å². The third kappa shape index (κ3) is 3.89. The lowest BCUT2D eigenvalue weighted by Crippen LogP contribution is -2.40. The summed E-state index contributed by atoms with van der Waals surface area (Å²) in [5, 5.41) is 0. The van der Waals surface area contributed by atoms with E-state index < -0.39 is 21.4 Å². The Morgan fingerprint density at radius 1 is 1.14 bits per heavy atom. The number of hydrogen-bond acceptors (Lipinski definition) is 2. The first-order valence-corrected chi connectivity index (χ1v) is 7.98. The van der Waals surface area contributed by atoms with Gasteiger partial charge < -0.3 is 0 Å². The van der Waals surface area contributed by atoms with E-state index in [0.717, 1.165) is 0 Å². The summed E-state index contributed by atoms with van der Waals surface area (Å²) >= 11 is 0. The molecule has 2 aromatic rings. The molecule has 3 nitrogen and oxygen atoms in total. The van der Waals surface area contributed by atoms with Crippen LogP contribution in [0.4, 0.5) is 4.39 Å². The average molecular weight is 306 g/mol. The lowest BCUT2D eigenvalue weighted by Gasteiger charge is -2.21. The Morgan fingerprint density at radius 2 is 1.81 bits per heavy atom. The summed E-state index contributed by atoms with van der Waals surface area (Å²) in [7, 11) is -3.69. The number of rotatable bonds is 3. The molecule has 0 aliphatic rings. The fraction of sp³-hybridized carbons (Fsp3) is 0.250. The van der Waals surface area contributed by atoms with Crippen molar-refractivity contribution in [1.82, 2.24) is 4.72 Å². The van der Waals surface area contributed by atoms with Gasteiger partial charge in [-0.3, -0.25) is 0 Å². The molecule has 1 N–H and O–H groups in total. The second kappa shape index (κ2) is 5.58. The van der Waals surface area contributed by atoms with Crippen molar-refractivity contribution in [3.8, 4) is 11.1 Å². The van der Waals surface area contributed by atoms with Crippen LogP contribution in [0.15, 0.2) is 47.4 Å². The number of nitrogens with one attached hydrogen (secondary N) is 1. The molecule has 0 fully saturated rings. The van der Waals surface area contributed by atoms with Crippen molar-refractivity contribution in [2.45, 2.75) is 31.2 Å². The minimum Gasteiger partial charge on any atom is -0.207 e. The topological polar surface area (TPSA) is 46.2 Å². The monoisotopic (exact) mass is 306 g/mol. The van der Waals surface area contributed by atoms with Gasteiger partial charge in [-0.2, -0.15) is 0 Å². The van der Waals surface area contributed by atoms with Crippen molar-refractivity contribution in [2.75, 3.05) is 0 Å². The lowest BCUT2D eigenvalue weighted by molar-refractivity contribution is 0.491. The second-order valence-electron chi connectivity index (χ2n) is 5.78. The maximum absolute atomic E-state index is 13.3. The van der Waals surface area contributed by atoms with Gasteiger partial charge in [0.2, 0.25) is 10.0 Å². The van der Waals surface area contributed by atoms with Gasteiger partial charge in [0.25, 0.3) is 0 Å². The minimum atomic E-state index is -3.69. The Bertz CT molecular complexity index is 749. The molecule has 0 heterocycles. The van der Waals surface area contributed by atoms with Crippen LogP contribution in [-0.4, -0.2) is 14.0 Å². The van der Waals surface area contributed by atoms with Crippen molar-refractivity contribution in [3.63, 3.8) is 0 Å². The molecule has 0 aromatic heterocycles. The largest absolute Gasteiger partial charge is 0.241 e. The van der Waals surface area contributed by atoms with Gasteiger partial charge in [0.1, 0.15) is 5.82 Å². The summed E-state index contributed by atoms with van der Waals surface area (Å²) in [6.07, 6.45) is 0. The van der Waals surface area contributed by atoms with Crippen LogP contribution in [0, 0.1) is 11.9 Å².